The van der Waals surface area contributed by atoms with Crippen molar-refractivity contribution in [2.24, 2.45) is 0 Å². The maximum Gasteiger partial charge on any atom is 0.125 e. The van der Waals surface area contributed by atoms with Gasteiger partial charge in [0.2, 0.25) is 0 Å². The zero-order chi connectivity index (χ0) is 12.1. The summed E-state index contributed by atoms with van der Waals surface area (Å²) in [5.41, 5.74) is 2.16. The quantitative estimate of drug-likeness (QED) is 0.844. The molecule has 4 nitrogen and oxygen atoms in total. The predicted octanol–water partition coefficient (Wildman–Crippen LogP) is 2.69. The third kappa shape index (κ3) is 2.93. The third-order valence-corrected chi connectivity index (χ3v) is 2.59. The van der Waals surface area contributed by atoms with Crippen molar-refractivity contribution in [2.45, 2.75) is 13.0 Å². The first-order chi connectivity index (χ1) is 8.29. The van der Waals surface area contributed by atoms with E-state index in [4.69, 9.17) is 0 Å². The Morgan fingerprint density at radius 3 is 2.65 bits per heavy atom. The van der Waals surface area contributed by atoms with Crippen LogP contribution in [0.1, 0.15) is 18.5 Å². The number of aromatic nitrogens is 2. The highest BCUT2D eigenvalue weighted by molar-refractivity contribution is 5.48. The molecule has 0 radical (unpaired) electrons. The number of hydrogen-bond donors (Lipinski definition) is 2. The van der Waals surface area contributed by atoms with Gasteiger partial charge in [-0.25, -0.2) is 4.98 Å². The molecule has 1 atom stereocenters. The van der Waals surface area contributed by atoms with Gasteiger partial charge >= 0.3 is 0 Å². The summed E-state index contributed by atoms with van der Waals surface area (Å²) in [7, 11) is 1.85. The summed E-state index contributed by atoms with van der Waals surface area (Å²) in [4.78, 5) is 8.36. The van der Waals surface area contributed by atoms with E-state index in [1.54, 1.807) is 6.20 Å². The smallest absolute Gasteiger partial charge is 0.125 e. The predicted molar refractivity (Wildman–Crippen MR) is 70.1 cm³/mol. The van der Waals surface area contributed by atoms with Gasteiger partial charge in [0.1, 0.15) is 5.82 Å². The number of rotatable bonds is 4. The molecule has 0 spiro atoms. The number of nitrogens with one attached hydrogen (secondary N) is 2. The maximum atomic E-state index is 4.25. The second kappa shape index (κ2) is 5.30. The number of pyridine rings is 2. The topological polar surface area (TPSA) is 49.8 Å². The molecule has 0 amide bonds. The van der Waals surface area contributed by atoms with Gasteiger partial charge in [0.05, 0.1) is 17.9 Å². The Kier molecular flexibility index (Phi) is 3.55. The molecule has 1 unspecified atom stereocenters. The summed E-state index contributed by atoms with van der Waals surface area (Å²) < 4.78 is 0. The van der Waals surface area contributed by atoms with Gasteiger partial charge in [0.25, 0.3) is 0 Å². The lowest BCUT2D eigenvalue weighted by Gasteiger charge is -2.15. The van der Waals surface area contributed by atoms with E-state index in [-0.39, 0.29) is 6.04 Å². The molecule has 0 aliphatic heterocycles. The van der Waals surface area contributed by atoms with Crippen molar-refractivity contribution in [1.29, 1.82) is 0 Å². The van der Waals surface area contributed by atoms with Crippen LogP contribution in [0, 0.1) is 0 Å². The maximum absolute atomic E-state index is 4.25. The molecule has 2 N–H and O–H groups in total. The van der Waals surface area contributed by atoms with E-state index in [0.29, 0.717) is 0 Å². The van der Waals surface area contributed by atoms with Gasteiger partial charge in [0.15, 0.2) is 0 Å². The first-order valence-electron chi connectivity index (χ1n) is 5.60. The van der Waals surface area contributed by atoms with Crippen molar-refractivity contribution >= 4 is 11.5 Å². The van der Waals surface area contributed by atoms with E-state index in [9.17, 15) is 0 Å². The molecule has 2 rings (SSSR count). The highest BCUT2D eigenvalue weighted by atomic mass is 15.0. The molecular formula is C13H16N4. The minimum atomic E-state index is 0.214. The van der Waals surface area contributed by atoms with Gasteiger partial charge in [-0.1, -0.05) is 6.07 Å². The summed E-state index contributed by atoms with van der Waals surface area (Å²) in [6.45, 7) is 2.10. The molecule has 0 bridgehead atoms. The van der Waals surface area contributed by atoms with Crippen LogP contribution >= 0.6 is 0 Å². The summed E-state index contributed by atoms with van der Waals surface area (Å²) in [5, 5.41) is 6.37. The van der Waals surface area contributed by atoms with Crippen molar-refractivity contribution in [3.63, 3.8) is 0 Å². The van der Waals surface area contributed by atoms with Gasteiger partial charge < -0.3 is 10.6 Å². The summed E-state index contributed by atoms with van der Waals surface area (Å²) in [6.07, 6.45) is 5.46. The molecule has 0 aliphatic rings. The fourth-order valence-corrected chi connectivity index (χ4v) is 1.59. The second-order valence-electron chi connectivity index (χ2n) is 3.83. The van der Waals surface area contributed by atoms with Crippen LogP contribution in [0.4, 0.5) is 11.5 Å². The lowest BCUT2D eigenvalue weighted by Crippen LogP contribution is -2.07. The third-order valence-electron chi connectivity index (χ3n) is 2.59. The molecule has 0 aliphatic carbocycles. The second-order valence-corrected chi connectivity index (χ2v) is 3.83. The molecule has 0 saturated heterocycles. The van der Waals surface area contributed by atoms with E-state index in [1.807, 2.05) is 37.6 Å². The molecule has 2 heterocycles. The Morgan fingerprint density at radius 2 is 2.06 bits per heavy atom. The van der Waals surface area contributed by atoms with Crippen molar-refractivity contribution in [3.05, 3.63) is 48.4 Å². The van der Waals surface area contributed by atoms with Gasteiger partial charge in [0, 0.05) is 19.4 Å². The summed E-state index contributed by atoms with van der Waals surface area (Å²) in [6, 6.07) is 8.16. The normalized spacial score (nSPS) is 11.9. The van der Waals surface area contributed by atoms with Crippen LogP contribution in [0.25, 0.3) is 0 Å². The fourth-order valence-electron chi connectivity index (χ4n) is 1.59. The first kappa shape index (κ1) is 11.4. The van der Waals surface area contributed by atoms with Gasteiger partial charge in [-0.15, -0.1) is 0 Å². The molecule has 0 aromatic carbocycles. The van der Waals surface area contributed by atoms with Crippen LogP contribution < -0.4 is 10.6 Å². The Balaban J connectivity index is 2.05. The molecule has 17 heavy (non-hydrogen) atoms. The van der Waals surface area contributed by atoms with Crippen LogP contribution in [0.2, 0.25) is 0 Å². The van der Waals surface area contributed by atoms with E-state index in [0.717, 1.165) is 17.1 Å². The first-order valence-corrected chi connectivity index (χ1v) is 5.60. The Morgan fingerprint density at radius 1 is 1.18 bits per heavy atom. The highest BCUT2D eigenvalue weighted by Gasteiger charge is 2.04. The summed E-state index contributed by atoms with van der Waals surface area (Å²) in [5.74, 6) is 0.865. The van der Waals surface area contributed by atoms with E-state index in [1.165, 1.54) is 0 Å². The minimum absolute atomic E-state index is 0.214. The van der Waals surface area contributed by atoms with Crippen LogP contribution in [0.15, 0.2) is 42.9 Å². The average molecular weight is 228 g/mol. The molecule has 2 aromatic heterocycles. The Labute approximate surface area is 101 Å². The summed E-state index contributed by atoms with van der Waals surface area (Å²) >= 11 is 0. The van der Waals surface area contributed by atoms with Crippen molar-refractivity contribution in [1.82, 2.24) is 9.97 Å². The number of hydrogen-bond acceptors (Lipinski definition) is 4. The van der Waals surface area contributed by atoms with Crippen LogP contribution in [-0.2, 0) is 0 Å². The average Bonchev–Trinajstić information content (AvgIpc) is 2.40. The zero-order valence-electron chi connectivity index (χ0n) is 10.0. The molecule has 2 aromatic rings. The SMILES string of the molecule is CNc1ccc(NC(C)c2cccnc2)cn1. The van der Waals surface area contributed by atoms with E-state index in [2.05, 4.69) is 33.6 Å². The minimum Gasteiger partial charge on any atom is -0.377 e. The van der Waals surface area contributed by atoms with Crippen LogP contribution in [0.5, 0.6) is 0 Å². The van der Waals surface area contributed by atoms with E-state index >= 15 is 0 Å². The Bertz CT molecular complexity index is 453. The fraction of sp³-hybridized carbons (Fsp3) is 0.231. The van der Waals surface area contributed by atoms with Crippen LogP contribution in [0.3, 0.4) is 0 Å². The molecular weight excluding hydrogens is 212 g/mol. The lowest BCUT2D eigenvalue weighted by atomic mass is 10.1. The molecule has 0 fully saturated rings. The van der Waals surface area contributed by atoms with Crippen molar-refractivity contribution < 1.29 is 0 Å². The van der Waals surface area contributed by atoms with Crippen LogP contribution in [-0.4, -0.2) is 17.0 Å². The molecule has 0 saturated carbocycles. The van der Waals surface area contributed by atoms with Crippen molar-refractivity contribution in [2.75, 3.05) is 17.7 Å². The zero-order valence-corrected chi connectivity index (χ0v) is 10.0. The number of nitrogens with zero attached hydrogens (tertiary/aromatic N) is 2. The monoisotopic (exact) mass is 228 g/mol. The largest absolute Gasteiger partial charge is 0.377 e. The Hall–Kier alpha value is -2.10. The van der Waals surface area contributed by atoms with Gasteiger partial charge in [-0.05, 0) is 30.7 Å². The van der Waals surface area contributed by atoms with E-state index < -0.39 is 0 Å². The lowest BCUT2D eigenvalue weighted by molar-refractivity contribution is 0.874. The highest BCUT2D eigenvalue weighted by Crippen LogP contribution is 2.18. The molecule has 4 heteroatoms. The standard InChI is InChI=1S/C13H16N4/c1-10(11-4-3-7-15-8-11)17-12-5-6-13(14-2)16-9-12/h3-10,17H,1-2H3,(H,14,16). The van der Waals surface area contributed by atoms with Gasteiger partial charge in [-0.2, -0.15) is 0 Å². The van der Waals surface area contributed by atoms with Crippen molar-refractivity contribution in [3.8, 4) is 0 Å². The number of anilines is 2. The molecule has 88 valence electrons. The van der Waals surface area contributed by atoms with Gasteiger partial charge in [-0.3, -0.25) is 4.98 Å².